The molecule has 82 valence electrons. The monoisotopic (exact) mass is 223 g/mol. The second kappa shape index (κ2) is 6.00. The van der Waals surface area contributed by atoms with E-state index in [0.29, 0.717) is 13.1 Å². The van der Waals surface area contributed by atoms with E-state index in [1.165, 1.54) is 25.7 Å². The molecule has 1 aliphatic carbocycles. The quantitative estimate of drug-likeness (QED) is 0.571. The van der Waals surface area contributed by atoms with Gasteiger partial charge in [-0.1, -0.05) is 12.8 Å². The molecule has 0 saturated heterocycles. The highest BCUT2D eigenvalue weighted by atomic mass is 32.1. The van der Waals surface area contributed by atoms with E-state index >= 15 is 0 Å². The highest BCUT2D eigenvalue weighted by Crippen LogP contribution is 2.39. The van der Waals surface area contributed by atoms with Gasteiger partial charge in [0.2, 0.25) is 0 Å². The molecule has 3 nitrogen and oxygen atoms in total. The first-order chi connectivity index (χ1) is 7.26. The van der Waals surface area contributed by atoms with E-state index in [0.717, 1.165) is 12.3 Å². The zero-order chi connectivity index (χ0) is 11.1. The fourth-order valence-electron chi connectivity index (χ4n) is 2.33. The molecule has 0 aromatic heterocycles. The number of hydrogen-bond donors (Lipinski definition) is 1. The lowest BCUT2D eigenvalue weighted by Gasteiger charge is -2.31. The molecule has 0 aromatic rings. The smallest absolute Gasteiger partial charge is 0.0874 e. The van der Waals surface area contributed by atoms with Crippen molar-refractivity contribution in [1.82, 2.24) is 4.90 Å². The van der Waals surface area contributed by atoms with E-state index in [9.17, 15) is 0 Å². The van der Waals surface area contributed by atoms with Crippen LogP contribution in [0.25, 0.3) is 0 Å². The Kier molecular flexibility index (Phi) is 4.94. The Morgan fingerprint density at radius 3 is 2.07 bits per heavy atom. The van der Waals surface area contributed by atoms with Gasteiger partial charge in [-0.05, 0) is 24.0 Å². The van der Waals surface area contributed by atoms with Gasteiger partial charge in [0, 0.05) is 6.54 Å². The van der Waals surface area contributed by atoms with Gasteiger partial charge in [-0.3, -0.25) is 4.90 Å². The first-order valence-corrected chi connectivity index (χ1v) is 5.97. The molecule has 1 rings (SSSR count). The molecule has 0 N–H and O–H groups in total. The van der Waals surface area contributed by atoms with Crippen LogP contribution < -0.4 is 0 Å². The van der Waals surface area contributed by atoms with Gasteiger partial charge in [0.1, 0.15) is 0 Å². The van der Waals surface area contributed by atoms with Gasteiger partial charge in [-0.25, -0.2) is 0 Å². The summed E-state index contributed by atoms with van der Waals surface area (Å²) in [5.74, 6) is 0.861. The minimum absolute atomic E-state index is 0.247. The second-order valence-corrected chi connectivity index (χ2v) is 4.64. The lowest BCUT2D eigenvalue weighted by atomic mass is 9.88. The van der Waals surface area contributed by atoms with Gasteiger partial charge in [0.05, 0.1) is 25.2 Å². The maximum Gasteiger partial charge on any atom is 0.0874 e. The third kappa shape index (κ3) is 3.41. The topological polar surface area (TPSA) is 50.8 Å². The summed E-state index contributed by atoms with van der Waals surface area (Å²) < 4.78 is 0. The third-order valence-electron chi connectivity index (χ3n) is 3.15. The van der Waals surface area contributed by atoms with E-state index in [4.69, 9.17) is 10.5 Å². The van der Waals surface area contributed by atoms with Crippen LogP contribution in [0, 0.1) is 28.1 Å². The van der Waals surface area contributed by atoms with Gasteiger partial charge in [-0.2, -0.15) is 23.2 Å². The van der Waals surface area contributed by atoms with Crippen LogP contribution in [0.1, 0.15) is 25.7 Å². The fraction of sp³-hybridized carbons (Fsp3) is 0.818. The molecule has 1 aliphatic rings. The van der Waals surface area contributed by atoms with Crippen molar-refractivity contribution < 1.29 is 0 Å². The number of hydrogen-bond acceptors (Lipinski definition) is 4. The van der Waals surface area contributed by atoms with Crippen molar-refractivity contribution in [3.8, 4) is 12.1 Å². The molecule has 0 radical (unpaired) electrons. The predicted octanol–water partition coefficient (Wildman–Crippen LogP) is 1.83. The van der Waals surface area contributed by atoms with Crippen LogP contribution in [0.2, 0.25) is 0 Å². The standard InChI is InChI=1S/C11H17N3S/c12-5-7-14(8-6-13)9-11(10-15)3-1-2-4-11/h15H,1-4,7-10H2. The first kappa shape index (κ1) is 12.4. The summed E-state index contributed by atoms with van der Waals surface area (Å²) in [6, 6.07) is 4.24. The first-order valence-electron chi connectivity index (χ1n) is 5.33. The number of nitrogens with zero attached hydrogens (tertiary/aromatic N) is 3. The van der Waals surface area contributed by atoms with E-state index in [-0.39, 0.29) is 5.41 Å². The summed E-state index contributed by atoms with van der Waals surface area (Å²) in [5.41, 5.74) is 0.247. The zero-order valence-electron chi connectivity index (χ0n) is 8.95. The molecular formula is C11H17N3S. The maximum absolute atomic E-state index is 8.67. The fourth-order valence-corrected chi connectivity index (χ4v) is 2.75. The molecule has 1 saturated carbocycles. The third-order valence-corrected chi connectivity index (χ3v) is 3.82. The van der Waals surface area contributed by atoms with Gasteiger partial charge in [0.15, 0.2) is 0 Å². The summed E-state index contributed by atoms with van der Waals surface area (Å²) in [5, 5.41) is 17.3. The van der Waals surface area contributed by atoms with Crippen LogP contribution in [0.15, 0.2) is 0 Å². The van der Waals surface area contributed by atoms with E-state index in [2.05, 4.69) is 24.8 Å². The van der Waals surface area contributed by atoms with Crippen molar-refractivity contribution in [3.63, 3.8) is 0 Å². The largest absolute Gasteiger partial charge is 0.277 e. The highest BCUT2D eigenvalue weighted by Gasteiger charge is 2.34. The Morgan fingerprint density at radius 1 is 1.13 bits per heavy atom. The summed E-state index contributed by atoms with van der Waals surface area (Å²) in [6.45, 7) is 1.55. The van der Waals surface area contributed by atoms with Crippen molar-refractivity contribution >= 4 is 12.6 Å². The zero-order valence-corrected chi connectivity index (χ0v) is 9.84. The second-order valence-electron chi connectivity index (χ2n) is 4.33. The number of thiol groups is 1. The summed E-state index contributed by atoms with van der Waals surface area (Å²) in [7, 11) is 0. The van der Waals surface area contributed by atoms with Crippen LogP contribution in [0.4, 0.5) is 0 Å². The summed E-state index contributed by atoms with van der Waals surface area (Å²) in [6.07, 6.45) is 4.88. The Hall–Kier alpha value is -0.710. The van der Waals surface area contributed by atoms with Crippen LogP contribution in [0.3, 0.4) is 0 Å². The molecule has 1 fully saturated rings. The molecule has 0 heterocycles. The van der Waals surface area contributed by atoms with Crippen molar-refractivity contribution in [2.24, 2.45) is 5.41 Å². The predicted molar refractivity (Wildman–Crippen MR) is 62.4 cm³/mol. The molecule has 0 unspecified atom stereocenters. The summed E-state index contributed by atoms with van der Waals surface area (Å²) >= 11 is 4.42. The van der Waals surface area contributed by atoms with Gasteiger partial charge in [0.25, 0.3) is 0 Å². The van der Waals surface area contributed by atoms with Crippen molar-refractivity contribution in [3.05, 3.63) is 0 Å². The van der Waals surface area contributed by atoms with E-state index in [1.807, 2.05) is 4.90 Å². The Bertz CT molecular complexity index is 255. The summed E-state index contributed by atoms with van der Waals surface area (Å²) in [4.78, 5) is 1.93. The van der Waals surface area contributed by atoms with Crippen LogP contribution in [-0.4, -0.2) is 30.3 Å². The van der Waals surface area contributed by atoms with Crippen LogP contribution in [0.5, 0.6) is 0 Å². The minimum Gasteiger partial charge on any atom is -0.277 e. The van der Waals surface area contributed by atoms with E-state index in [1.54, 1.807) is 0 Å². The molecule has 0 amide bonds. The Balaban J connectivity index is 2.55. The SMILES string of the molecule is N#CCN(CC#N)CC1(CS)CCCC1. The molecular weight excluding hydrogens is 206 g/mol. The van der Waals surface area contributed by atoms with Gasteiger partial charge < -0.3 is 0 Å². The lowest BCUT2D eigenvalue weighted by Crippen LogP contribution is -2.38. The number of rotatable bonds is 5. The molecule has 0 aliphatic heterocycles. The van der Waals surface area contributed by atoms with Gasteiger partial charge in [-0.15, -0.1) is 0 Å². The molecule has 15 heavy (non-hydrogen) atoms. The Labute approximate surface area is 97.1 Å². The average Bonchev–Trinajstić information content (AvgIpc) is 2.68. The normalized spacial score (nSPS) is 18.7. The minimum atomic E-state index is 0.247. The number of nitriles is 2. The highest BCUT2D eigenvalue weighted by molar-refractivity contribution is 7.80. The Morgan fingerprint density at radius 2 is 1.67 bits per heavy atom. The molecule has 0 atom stereocenters. The van der Waals surface area contributed by atoms with Crippen LogP contribution >= 0.6 is 12.6 Å². The van der Waals surface area contributed by atoms with Crippen molar-refractivity contribution in [2.75, 3.05) is 25.4 Å². The van der Waals surface area contributed by atoms with Crippen molar-refractivity contribution in [1.29, 1.82) is 10.5 Å². The molecule has 4 heteroatoms. The molecule has 0 spiro atoms. The van der Waals surface area contributed by atoms with Crippen molar-refractivity contribution in [2.45, 2.75) is 25.7 Å². The molecule has 0 aromatic carbocycles. The van der Waals surface area contributed by atoms with Gasteiger partial charge >= 0.3 is 0 Å². The molecule has 0 bridgehead atoms. The average molecular weight is 223 g/mol. The van der Waals surface area contributed by atoms with E-state index < -0.39 is 0 Å². The maximum atomic E-state index is 8.67. The lowest BCUT2D eigenvalue weighted by molar-refractivity contribution is 0.203. The van der Waals surface area contributed by atoms with Crippen LogP contribution in [-0.2, 0) is 0 Å².